The van der Waals surface area contributed by atoms with Gasteiger partial charge in [-0.05, 0) is 30.2 Å². The van der Waals surface area contributed by atoms with Crippen molar-refractivity contribution in [3.05, 3.63) is 35.7 Å². The van der Waals surface area contributed by atoms with Gasteiger partial charge in [-0.25, -0.2) is 4.39 Å². The first-order valence-electron chi connectivity index (χ1n) is 5.33. The molecule has 0 amide bonds. The molecule has 0 aliphatic carbocycles. The highest BCUT2D eigenvalue weighted by molar-refractivity contribution is 5.76. The second-order valence-electron chi connectivity index (χ2n) is 3.53. The topological polar surface area (TPSA) is 46.5 Å². The van der Waals surface area contributed by atoms with Crippen molar-refractivity contribution in [2.24, 2.45) is 0 Å². The fraction of sp³-hybridized carbons (Fsp3) is 0.308. The Morgan fingerprint density at radius 1 is 1.53 bits per heavy atom. The summed E-state index contributed by atoms with van der Waals surface area (Å²) in [6.07, 6.45) is 2.12. The van der Waals surface area contributed by atoms with Crippen molar-refractivity contribution >= 4 is 11.5 Å². The quantitative estimate of drug-likeness (QED) is 0.857. The van der Waals surface area contributed by atoms with Gasteiger partial charge in [-0.1, -0.05) is 13.0 Å². The maximum Gasteiger partial charge on any atom is 0.307 e. The molecule has 0 fully saturated rings. The Morgan fingerprint density at radius 3 is 2.76 bits per heavy atom. The lowest BCUT2D eigenvalue weighted by molar-refractivity contribution is -0.135. The van der Waals surface area contributed by atoms with Gasteiger partial charge in [0.1, 0.15) is 11.6 Å². The molecule has 0 atom stereocenters. The molecule has 1 N–H and O–H groups in total. The van der Waals surface area contributed by atoms with Crippen LogP contribution in [0.3, 0.4) is 0 Å². The predicted octanol–water partition coefficient (Wildman–Crippen LogP) is 3.10. The number of benzene rings is 1. The van der Waals surface area contributed by atoms with Crippen LogP contribution in [0.25, 0.3) is 5.57 Å². The van der Waals surface area contributed by atoms with Gasteiger partial charge in [0.05, 0.1) is 13.5 Å². The number of carbonyl (C=O) groups is 1. The van der Waals surface area contributed by atoms with Crippen LogP contribution in [0.15, 0.2) is 24.3 Å². The highest BCUT2D eigenvalue weighted by atomic mass is 19.1. The minimum absolute atomic E-state index is 0.0805. The number of carboxylic acids is 1. The lowest BCUT2D eigenvalue weighted by atomic mass is 10.0. The van der Waals surface area contributed by atoms with E-state index < -0.39 is 5.97 Å². The number of hydrogen-bond acceptors (Lipinski definition) is 2. The summed E-state index contributed by atoms with van der Waals surface area (Å²) in [6, 6.07) is 4.21. The van der Waals surface area contributed by atoms with Crippen molar-refractivity contribution < 1.29 is 19.0 Å². The van der Waals surface area contributed by atoms with Crippen LogP contribution in [0, 0.1) is 5.82 Å². The van der Waals surface area contributed by atoms with Crippen molar-refractivity contribution in [1.29, 1.82) is 0 Å². The zero-order chi connectivity index (χ0) is 12.8. The van der Waals surface area contributed by atoms with Crippen LogP contribution >= 0.6 is 0 Å². The van der Waals surface area contributed by atoms with Crippen LogP contribution in [-0.2, 0) is 4.79 Å². The van der Waals surface area contributed by atoms with Gasteiger partial charge in [-0.3, -0.25) is 4.79 Å². The number of rotatable bonds is 5. The molecule has 0 saturated heterocycles. The summed E-state index contributed by atoms with van der Waals surface area (Å²) in [5.41, 5.74) is 1.38. The van der Waals surface area contributed by atoms with Crippen molar-refractivity contribution in [3.8, 4) is 5.75 Å². The van der Waals surface area contributed by atoms with Gasteiger partial charge in [0, 0.05) is 5.56 Å². The molecule has 0 aromatic heterocycles. The third kappa shape index (κ3) is 3.59. The second kappa shape index (κ2) is 6.03. The van der Waals surface area contributed by atoms with Gasteiger partial charge in [0.2, 0.25) is 0 Å². The van der Waals surface area contributed by atoms with Crippen LogP contribution in [0.4, 0.5) is 4.39 Å². The lowest BCUT2D eigenvalue weighted by Gasteiger charge is -2.10. The van der Waals surface area contributed by atoms with Crippen molar-refractivity contribution in [2.75, 3.05) is 7.11 Å². The average molecular weight is 238 g/mol. The Labute approximate surface area is 99.5 Å². The van der Waals surface area contributed by atoms with Gasteiger partial charge in [-0.15, -0.1) is 0 Å². The van der Waals surface area contributed by atoms with Gasteiger partial charge in [-0.2, -0.15) is 0 Å². The van der Waals surface area contributed by atoms with E-state index >= 15 is 0 Å². The Hall–Kier alpha value is -1.84. The molecule has 0 aliphatic rings. The first-order chi connectivity index (χ1) is 8.08. The summed E-state index contributed by atoms with van der Waals surface area (Å²) in [5, 5.41) is 8.64. The van der Waals surface area contributed by atoms with E-state index in [1.54, 1.807) is 6.08 Å². The first kappa shape index (κ1) is 13.2. The zero-order valence-electron chi connectivity index (χ0n) is 9.87. The molecule has 0 spiro atoms. The highest BCUT2D eigenvalue weighted by Gasteiger charge is 2.09. The SMILES string of the molecule is CC/C(=C\CC(=O)O)c1cc(F)ccc1OC. The molecule has 3 nitrogen and oxygen atoms in total. The van der Waals surface area contributed by atoms with E-state index in [0.29, 0.717) is 17.7 Å². The van der Waals surface area contributed by atoms with Gasteiger partial charge in [0.25, 0.3) is 0 Å². The van der Waals surface area contributed by atoms with Crippen LogP contribution in [-0.4, -0.2) is 18.2 Å². The van der Waals surface area contributed by atoms with E-state index in [0.717, 1.165) is 5.57 Å². The minimum atomic E-state index is -0.911. The normalized spacial score (nSPS) is 11.4. The second-order valence-corrected chi connectivity index (χ2v) is 3.53. The van der Waals surface area contributed by atoms with E-state index in [4.69, 9.17) is 9.84 Å². The Kier molecular flexibility index (Phi) is 4.69. The smallest absolute Gasteiger partial charge is 0.307 e. The van der Waals surface area contributed by atoms with Crippen molar-refractivity contribution in [2.45, 2.75) is 19.8 Å². The predicted molar refractivity (Wildman–Crippen MR) is 63.5 cm³/mol. The molecule has 1 aromatic rings. The largest absolute Gasteiger partial charge is 0.496 e. The molecule has 0 saturated carbocycles. The fourth-order valence-electron chi connectivity index (χ4n) is 1.59. The molecular weight excluding hydrogens is 223 g/mol. The number of allylic oxidation sites excluding steroid dienone is 1. The standard InChI is InChI=1S/C13H15FO3/c1-3-9(4-7-13(15)16)11-8-10(14)5-6-12(11)17-2/h4-6,8H,3,7H2,1-2H3,(H,15,16)/b9-4+. The highest BCUT2D eigenvalue weighted by Crippen LogP contribution is 2.29. The Balaban J connectivity index is 3.14. The molecule has 1 aromatic carbocycles. The van der Waals surface area contributed by atoms with Crippen LogP contribution in [0.1, 0.15) is 25.3 Å². The average Bonchev–Trinajstić information content (AvgIpc) is 2.30. The molecule has 0 heterocycles. The lowest BCUT2D eigenvalue weighted by Crippen LogP contribution is -1.95. The molecule has 17 heavy (non-hydrogen) atoms. The Morgan fingerprint density at radius 2 is 2.24 bits per heavy atom. The molecule has 1 rings (SSSR count). The maximum absolute atomic E-state index is 13.2. The zero-order valence-corrected chi connectivity index (χ0v) is 9.87. The van der Waals surface area contributed by atoms with Gasteiger partial charge < -0.3 is 9.84 Å². The van der Waals surface area contributed by atoms with Gasteiger partial charge >= 0.3 is 5.97 Å². The number of methoxy groups -OCH3 is 1. The van der Waals surface area contributed by atoms with E-state index in [1.807, 2.05) is 6.92 Å². The van der Waals surface area contributed by atoms with E-state index in [2.05, 4.69) is 0 Å². The van der Waals surface area contributed by atoms with E-state index in [9.17, 15) is 9.18 Å². The van der Waals surface area contributed by atoms with Gasteiger partial charge in [0.15, 0.2) is 0 Å². The summed E-state index contributed by atoms with van der Waals surface area (Å²) < 4.78 is 18.3. The van der Waals surface area contributed by atoms with E-state index in [-0.39, 0.29) is 12.2 Å². The molecule has 4 heteroatoms. The summed E-state index contributed by atoms with van der Waals surface area (Å²) in [7, 11) is 1.50. The summed E-state index contributed by atoms with van der Waals surface area (Å²) in [6.45, 7) is 1.89. The number of hydrogen-bond donors (Lipinski definition) is 1. The molecule has 0 radical (unpaired) electrons. The summed E-state index contributed by atoms with van der Waals surface area (Å²) in [4.78, 5) is 10.5. The first-order valence-corrected chi connectivity index (χ1v) is 5.33. The van der Waals surface area contributed by atoms with Crippen LogP contribution < -0.4 is 4.74 Å². The van der Waals surface area contributed by atoms with E-state index in [1.165, 1.54) is 25.3 Å². The fourth-order valence-corrected chi connectivity index (χ4v) is 1.59. The molecule has 0 aliphatic heterocycles. The molecule has 0 unspecified atom stereocenters. The third-order valence-electron chi connectivity index (χ3n) is 2.41. The number of aliphatic carboxylic acids is 1. The molecule has 0 bridgehead atoms. The number of ether oxygens (including phenoxy) is 1. The van der Waals surface area contributed by atoms with Crippen molar-refractivity contribution in [3.63, 3.8) is 0 Å². The number of carboxylic acid groups (broad SMARTS) is 1. The molecular formula is C13H15FO3. The summed E-state index contributed by atoms with van der Waals surface area (Å²) >= 11 is 0. The minimum Gasteiger partial charge on any atom is -0.496 e. The number of halogens is 1. The molecule has 92 valence electrons. The van der Waals surface area contributed by atoms with Crippen LogP contribution in [0.2, 0.25) is 0 Å². The Bertz CT molecular complexity index is 438. The van der Waals surface area contributed by atoms with Crippen LogP contribution in [0.5, 0.6) is 5.75 Å². The monoisotopic (exact) mass is 238 g/mol. The summed E-state index contributed by atoms with van der Waals surface area (Å²) in [5.74, 6) is -0.730. The maximum atomic E-state index is 13.2. The van der Waals surface area contributed by atoms with Crippen molar-refractivity contribution in [1.82, 2.24) is 0 Å². The third-order valence-corrected chi connectivity index (χ3v) is 2.41.